The Kier molecular flexibility index (Phi) is 4.08. The third-order valence-electron chi connectivity index (χ3n) is 2.03. The summed E-state index contributed by atoms with van der Waals surface area (Å²) in [6, 6.07) is 3.75. The predicted molar refractivity (Wildman–Crippen MR) is 58.7 cm³/mol. The molecule has 0 amide bonds. The molecule has 0 aliphatic carbocycles. The molecule has 1 aromatic carbocycles. The number of benzene rings is 1. The summed E-state index contributed by atoms with van der Waals surface area (Å²) in [6.45, 7) is 4.01. The number of nitro benzene ring substituents is 1. The number of halogens is 1. The van der Waals surface area contributed by atoms with Crippen LogP contribution in [0.4, 0.5) is 10.1 Å². The third kappa shape index (κ3) is 3.20. The molecule has 0 fully saturated rings. The van der Waals surface area contributed by atoms with Gasteiger partial charge in [0, 0.05) is 16.2 Å². The van der Waals surface area contributed by atoms with E-state index < -0.39 is 10.7 Å². The molecule has 0 bridgehead atoms. The largest absolute Gasteiger partial charge is 0.272 e. The van der Waals surface area contributed by atoms with Gasteiger partial charge in [0.15, 0.2) is 0 Å². The van der Waals surface area contributed by atoms with Crippen molar-refractivity contribution in [2.24, 2.45) is 0 Å². The Morgan fingerprint density at radius 3 is 2.73 bits per heavy atom. The van der Waals surface area contributed by atoms with Crippen molar-refractivity contribution in [1.29, 1.82) is 0 Å². The van der Waals surface area contributed by atoms with Crippen molar-refractivity contribution < 1.29 is 9.31 Å². The summed E-state index contributed by atoms with van der Waals surface area (Å²) in [6.07, 6.45) is 0.932. The van der Waals surface area contributed by atoms with E-state index in [4.69, 9.17) is 0 Å². The molecule has 5 heteroatoms. The van der Waals surface area contributed by atoms with Crippen LogP contribution in [0.25, 0.3) is 0 Å². The van der Waals surface area contributed by atoms with E-state index >= 15 is 0 Å². The lowest BCUT2D eigenvalue weighted by atomic mass is 10.3. The summed E-state index contributed by atoms with van der Waals surface area (Å²) in [5, 5.41) is 10.7. The minimum absolute atomic E-state index is 0.207. The van der Waals surface area contributed by atoms with Gasteiger partial charge in [0.1, 0.15) is 5.82 Å². The van der Waals surface area contributed by atoms with Crippen LogP contribution < -0.4 is 0 Å². The number of rotatable bonds is 4. The van der Waals surface area contributed by atoms with E-state index in [2.05, 4.69) is 0 Å². The molecular weight excluding hydrogens is 217 g/mol. The SMILES string of the molecule is CCC(C)Sc1ccc([N+](=O)[O-])cc1F. The van der Waals surface area contributed by atoms with E-state index in [1.165, 1.54) is 23.9 Å². The van der Waals surface area contributed by atoms with Gasteiger partial charge in [0.25, 0.3) is 5.69 Å². The summed E-state index contributed by atoms with van der Waals surface area (Å²) >= 11 is 1.39. The van der Waals surface area contributed by atoms with Gasteiger partial charge in [-0.15, -0.1) is 11.8 Å². The first kappa shape index (κ1) is 12.0. The minimum Gasteiger partial charge on any atom is -0.258 e. The van der Waals surface area contributed by atoms with Gasteiger partial charge in [-0.05, 0) is 12.5 Å². The fourth-order valence-corrected chi connectivity index (χ4v) is 1.92. The van der Waals surface area contributed by atoms with E-state index in [0.717, 1.165) is 12.5 Å². The van der Waals surface area contributed by atoms with Gasteiger partial charge in [-0.2, -0.15) is 0 Å². The molecule has 0 N–H and O–H groups in total. The second-order valence-corrected chi connectivity index (χ2v) is 4.69. The Hall–Kier alpha value is -1.10. The van der Waals surface area contributed by atoms with Gasteiger partial charge in [0.05, 0.1) is 11.0 Å². The van der Waals surface area contributed by atoms with Crippen LogP contribution in [0, 0.1) is 15.9 Å². The second-order valence-electron chi connectivity index (χ2n) is 3.21. The molecule has 0 saturated carbocycles. The number of thioether (sulfide) groups is 1. The van der Waals surface area contributed by atoms with Crippen LogP contribution in [-0.2, 0) is 0 Å². The Morgan fingerprint density at radius 1 is 1.60 bits per heavy atom. The Bertz CT molecular complexity index is 370. The van der Waals surface area contributed by atoms with Crippen LogP contribution in [-0.4, -0.2) is 10.2 Å². The van der Waals surface area contributed by atoms with Crippen LogP contribution in [0.1, 0.15) is 20.3 Å². The summed E-state index contributed by atoms with van der Waals surface area (Å²) in [4.78, 5) is 10.2. The van der Waals surface area contributed by atoms with Crippen LogP contribution >= 0.6 is 11.8 Å². The van der Waals surface area contributed by atoms with E-state index in [-0.39, 0.29) is 5.69 Å². The molecule has 1 unspecified atom stereocenters. The van der Waals surface area contributed by atoms with Crippen LogP contribution in [0.3, 0.4) is 0 Å². The van der Waals surface area contributed by atoms with Crippen molar-refractivity contribution in [2.45, 2.75) is 30.4 Å². The smallest absolute Gasteiger partial charge is 0.258 e. The Morgan fingerprint density at radius 2 is 2.27 bits per heavy atom. The highest BCUT2D eigenvalue weighted by molar-refractivity contribution is 7.99. The molecule has 0 spiro atoms. The first-order valence-corrected chi connectivity index (χ1v) is 5.53. The fourth-order valence-electron chi connectivity index (χ4n) is 0.999. The average Bonchev–Trinajstić information content (AvgIpc) is 2.20. The van der Waals surface area contributed by atoms with E-state index in [1.54, 1.807) is 0 Å². The zero-order valence-corrected chi connectivity index (χ0v) is 9.38. The van der Waals surface area contributed by atoms with Gasteiger partial charge < -0.3 is 0 Å². The van der Waals surface area contributed by atoms with Gasteiger partial charge in [-0.3, -0.25) is 10.1 Å². The van der Waals surface area contributed by atoms with Crippen molar-refractivity contribution in [3.8, 4) is 0 Å². The number of nitro groups is 1. The van der Waals surface area contributed by atoms with E-state index in [1.807, 2.05) is 13.8 Å². The van der Waals surface area contributed by atoms with E-state index in [0.29, 0.717) is 10.1 Å². The van der Waals surface area contributed by atoms with Crippen LogP contribution in [0.2, 0.25) is 0 Å². The number of hydrogen-bond acceptors (Lipinski definition) is 3. The fraction of sp³-hybridized carbons (Fsp3) is 0.400. The summed E-state index contributed by atoms with van der Waals surface area (Å²) in [5.74, 6) is -0.519. The standard InChI is InChI=1S/C10H12FNO2S/c1-3-7(2)15-10-5-4-8(12(13)14)6-9(10)11/h4-7H,3H2,1-2H3. The molecule has 0 radical (unpaired) electrons. The molecule has 15 heavy (non-hydrogen) atoms. The summed E-state index contributed by atoms with van der Waals surface area (Å²) in [7, 11) is 0. The van der Waals surface area contributed by atoms with Crippen molar-refractivity contribution >= 4 is 17.4 Å². The van der Waals surface area contributed by atoms with Gasteiger partial charge in [-0.25, -0.2) is 4.39 Å². The monoisotopic (exact) mass is 229 g/mol. The van der Waals surface area contributed by atoms with Crippen molar-refractivity contribution in [1.82, 2.24) is 0 Å². The quantitative estimate of drug-likeness (QED) is 0.450. The first-order chi connectivity index (χ1) is 7.04. The lowest BCUT2D eigenvalue weighted by molar-refractivity contribution is -0.385. The van der Waals surface area contributed by atoms with Crippen molar-refractivity contribution in [3.63, 3.8) is 0 Å². The maximum absolute atomic E-state index is 13.4. The normalized spacial score (nSPS) is 12.5. The molecule has 0 aliphatic heterocycles. The Labute approximate surface area is 91.8 Å². The van der Waals surface area contributed by atoms with Crippen molar-refractivity contribution in [3.05, 3.63) is 34.1 Å². The first-order valence-electron chi connectivity index (χ1n) is 4.65. The molecule has 0 aliphatic rings. The average molecular weight is 229 g/mol. The molecule has 82 valence electrons. The van der Waals surface area contributed by atoms with Crippen molar-refractivity contribution in [2.75, 3.05) is 0 Å². The summed E-state index contributed by atoms with van der Waals surface area (Å²) < 4.78 is 13.4. The highest BCUT2D eigenvalue weighted by Gasteiger charge is 2.12. The molecule has 0 saturated heterocycles. The molecule has 1 aromatic rings. The highest BCUT2D eigenvalue weighted by atomic mass is 32.2. The summed E-state index contributed by atoms with van der Waals surface area (Å²) in [5.41, 5.74) is -0.207. The maximum Gasteiger partial charge on any atom is 0.272 e. The molecule has 1 atom stereocenters. The molecule has 0 aromatic heterocycles. The number of non-ortho nitro benzene ring substituents is 1. The number of hydrogen-bond donors (Lipinski definition) is 0. The molecule has 3 nitrogen and oxygen atoms in total. The van der Waals surface area contributed by atoms with Crippen LogP contribution in [0.15, 0.2) is 23.1 Å². The highest BCUT2D eigenvalue weighted by Crippen LogP contribution is 2.29. The maximum atomic E-state index is 13.4. The Balaban J connectivity index is 2.88. The molecule has 0 heterocycles. The number of nitrogens with zero attached hydrogens (tertiary/aromatic N) is 1. The van der Waals surface area contributed by atoms with E-state index in [9.17, 15) is 14.5 Å². The zero-order chi connectivity index (χ0) is 11.4. The lowest BCUT2D eigenvalue weighted by Crippen LogP contribution is -1.95. The van der Waals surface area contributed by atoms with Gasteiger partial charge in [0.2, 0.25) is 0 Å². The second kappa shape index (κ2) is 5.11. The zero-order valence-electron chi connectivity index (χ0n) is 8.57. The van der Waals surface area contributed by atoms with Crippen LogP contribution in [0.5, 0.6) is 0 Å². The van der Waals surface area contributed by atoms with Gasteiger partial charge >= 0.3 is 0 Å². The van der Waals surface area contributed by atoms with Gasteiger partial charge in [-0.1, -0.05) is 13.8 Å². The molecule has 1 rings (SSSR count). The predicted octanol–water partition coefficient (Wildman–Crippen LogP) is 3.62. The molecular formula is C10H12FNO2S. The lowest BCUT2D eigenvalue weighted by Gasteiger charge is -2.08. The minimum atomic E-state index is -0.596. The topological polar surface area (TPSA) is 43.1 Å². The third-order valence-corrected chi connectivity index (χ3v) is 3.35.